The van der Waals surface area contributed by atoms with Crippen molar-refractivity contribution in [2.75, 3.05) is 6.54 Å². The van der Waals surface area contributed by atoms with E-state index in [0.29, 0.717) is 30.5 Å². The molecule has 26 heavy (non-hydrogen) atoms. The first kappa shape index (κ1) is 15.6. The molecule has 1 saturated carbocycles. The van der Waals surface area contributed by atoms with Crippen molar-refractivity contribution in [2.24, 2.45) is 5.92 Å². The number of rotatable bonds is 4. The summed E-state index contributed by atoms with van der Waals surface area (Å²) < 4.78 is 11.5. The average Bonchev–Trinajstić information content (AvgIpc) is 3.33. The molecule has 3 heterocycles. The minimum Gasteiger partial charge on any atom is -0.464 e. The molecule has 6 nitrogen and oxygen atoms in total. The second-order valence-electron chi connectivity index (χ2n) is 7.28. The zero-order valence-corrected chi connectivity index (χ0v) is 14.8. The molecule has 5 rings (SSSR count). The van der Waals surface area contributed by atoms with Gasteiger partial charge in [0.1, 0.15) is 11.1 Å². The van der Waals surface area contributed by atoms with E-state index in [4.69, 9.17) is 8.83 Å². The van der Waals surface area contributed by atoms with Crippen LogP contribution >= 0.6 is 0 Å². The number of hydrogen-bond donors (Lipinski definition) is 0. The molecule has 0 radical (unpaired) electrons. The highest BCUT2D eigenvalue weighted by Gasteiger charge is 2.60. The largest absolute Gasteiger partial charge is 0.464 e. The fourth-order valence-corrected chi connectivity index (χ4v) is 4.59. The number of para-hydroxylation sites is 1. The monoisotopic (exact) mass is 351 g/mol. The number of carbonyl (C=O) groups excluding carboxylic acids is 1. The van der Waals surface area contributed by atoms with Crippen LogP contribution in [0.2, 0.25) is 0 Å². The number of amides is 1. The van der Waals surface area contributed by atoms with Crippen molar-refractivity contribution >= 4 is 16.9 Å². The Morgan fingerprint density at radius 3 is 2.96 bits per heavy atom. The summed E-state index contributed by atoms with van der Waals surface area (Å²) in [4.78, 5) is 15.2. The summed E-state index contributed by atoms with van der Waals surface area (Å²) in [7, 11) is 0. The van der Waals surface area contributed by atoms with Crippen LogP contribution in [0.3, 0.4) is 0 Å². The second kappa shape index (κ2) is 5.69. The SMILES string of the molecule is CCc1nnc([C@]23CC[C@H]2CCN3C(=O)Cc2coc3ccccc23)o1. The third-order valence-corrected chi connectivity index (χ3v) is 6.08. The lowest BCUT2D eigenvalue weighted by molar-refractivity contribution is -0.141. The van der Waals surface area contributed by atoms with Crippen LogP contribution in [-0.4, -0.2) is 27.5 Å². The van der Waals surface area contributed by atoms with Crippen molar-refractivity contribution in [2.45, 2.75) is 44.6 Å². The quantitative estimate of drug-likeness (QED) is 0.720. The minimum absolute atomic E-state index is 0.106. The first-order valence-corrected chi connectivity index (χ1v) is 9.31. The highest BCUT2D eigenvalue weighted by atomic mass is 16.4. The number of furan rings is 1. The molecule has 1 amide bonds. The molecule has 0 bridgehead atoms. The van der Waals surface area contributed by atoms with Crippen LogP contribution in [-0.2, 0) is 23.2 Å². The topological polar surface area (TPSA) is 72.4 Å². The van der Waals surface area contributed by atoms with Gasteiger partial charge in [0.2, 0.25) is 17.7 Å². The lowest BCUT2D eigenvalue weighted by Gasteiger charge is -2.47. The predicted molar refractivity (Wildman–Crippen MR) is 94.3 cm³/mol. The molecule has 1 aliphatic heterocycles. The normalized spacial score (nSPS) is 24.7. The lowest BCUT2D eigenvalue weighted by atomic mass is 9.67. The van der Waals surface area contributed by atoms with Crippen molar-refractivity contribution in [3.8, 4) is 0 Å². The van der Waals surface area contributed by atoms with Crippen LogP contribution < -0.4 is 0 Å². The van der Waals surface area contributed by atoms with E-state index in [1.165, 1.54) is 0 Å². The molecule has 0 N–H and O–H groups in total. The number of nitrogens with zero attached hydrogens (tertiary/aromatic N) is 3. The molecule has 2 aliphatic rings. The zero-order valence-electron chi connectivity index (χ0n) is 14.8. The molecule has 0 spiro atoms. The Balaban J connectivity index is 1.45. The number of aryl methyl sites for hydroxylation is 1. The van der Waals surface area contributed by atoms with Crippen LogP contribution in [0.1, 0.15) is 43.5 Å². The molecule has 0 unspecified atom stereocenters. The van der Waals surface area contributed by atoms with Crippen molar-refractivity contribution < 1.29 is 13.6 Å². The summed E-state index contributed by atoms with van der Waals surface area (Å²) in [6.07, 6.45) is 5.76. The van der Waals surface area contributed by atoms with Crippen LogP contribution in [0.25, 0.3) is 11.0 Å². The van der Waals surface area contributed by atoms with Gasteiger partial charge in [-0.05, 0) is 31.2 Å². The third-order valence-electron chi connectivity index (χ3n) is 6.08. The Hall–Kier alpha value is -2.63. The molecular weight excluding hydrogens is 330 g/mol. The van der Waals surface area contributed by atoms with Gasteiger partial charge in [0.15, 0.2) is 0 Å². The first-order valence-electron chi connectivity index (χ1n) is 9.31. The Morgan fingerprint density at radius 2 is 2.19 bits per heavy atom. The van der Waals surface area contributed by atoms with Gasteiger partial charge in [-0.3, -0.25) is 4.79 Å². The Morgan fingerprint density at radius 1 is 1.31 bits per heavy atom. The molecule has 1 saturated heterocycles. The highest BCUT2D eigenvalue weighted by molar-refractivity contribution is 5.88. The van der Waals surface area contributed by atoms with Gasteiger partial charge in [0.25, 0.3) is 0 Å². The number of fused-ring (bicyclic) bond motifs is 2. The van der Waals surface area contributed by atoms with Crippen LogP contribution in [0.4, 0.5) is 0 Å². The molecule has 2 fully saturated rings. The summed E-state index contributed by atoms with van der Waals surface area (Å²) in [6.45, 7) is 2.75. The molecule has 2 aromatic heterocycles. The van der Waals surface area contributed by atoms with E-state index in [0.717, 1.165) is 42.3 Å². The maximum Gasteiger partial charge on any atom is 0.242 e. The van der Waals surface area contributed by atoms with Gasteiger partial charge in [-0.15, -0.1) is 10.2 Å². The summed E-state index contributed by atoms with van der Waals surface area (Å²) in [5, 5.41) is 9.43. The summed E-state index contributed by atoms with van der Waals surface area (Å²) >= 11 is 0. The smallest absolute Gasteiger partial charge is 0.242 e. The van der Waals surface area contributed by atoms with Crippen molar-refractivity contribution in [1.29, 1.82) is 0 Å². The van der Waals surface area contributed by atoms with Gasteiger partial charge >= 0.3 is 0 Å². The standard InChI is InChI=1S/C20H21N3O3/c1-2-17-21-22-19(26-17)20-9-7-14(20)8-10-23(20)18(24)11-13-12-25-16-6-4-3-5-15(13)16/h3-6,12,14H,2,7-11H2,1H3/t14-,20-/m0/s1. The number of carbonyl (C=O) groups is 1. The minimum atomic E-state index is -0.392. The highest BCUT2D eigenvalue weighted by Crippen LogP contribution is 2.56. The Bertz CT molecular complexity index is 976. The third kappa shape index (κ3) is 2.08. The van der Waals surface area contributed by atoms with Gasteiger partial charge in [-0.1, -0.05) is 25.1 Å². The van der Waals surface area contributed by atoms with E-state index in [9.17, 15) is 4.79 Å². The van der Waals surface area contributed by atoms with Gasteiger partial charge in [-0.2, -0.15) is 0 Å². The summed E-state index contributed by atoms with van der Waals surface area (Å²) in [5.41, 5.74) is 1.36. The molecule has 1 aromatic carbocycles. The fraction of sp³-hybridized carbons (Fsp3) is 0.450. The molecule has 134 valence electrons. The Labute approximate surface area is 151 Å². The van der Waals surface area contributed by atoms with E-state index in [1.54, 1.807) is 6.26 Å². The fourth-order valence-electron chi connectivity index (χ4n) is 4.59. The molecule has 6 heteroatoms. The number of likely N-dealkylation sites (tertiary alicyclic amines) is 1. The van der Waals surface area contributed by atoms with E-state index in [-0.39, 0.29) is 5.91 Å². The van der Waals surface area contributed by atoms with Crippen molar-refractivity contribution in [3.63, 3.8) is 0 Å². The van der Waals surface area contributed by atoms with Crippen LogP contribution in [0.5, 0.6) is 0 Å². The van der Waals surface area contributed by atoms with Gasteiger partial charge in [0.05, 0.1) is 12.7 Å². The molecule has 2 atom stereocenters. The van der Waals surface area contributed by atoms with Gasteiger partial charge < -0.3 is 13.7 Å². The number of aromatic nitrogens is 2. The second-order valence-corrected chi connectivity index (χ2v) is 7.28. The molecular formula is C20H21N3O3. The summed E-state index contributed by atoms with van der Waals surface area (Å²) in [5.74, 6) is 1.79. The molecule has 3 aromatic rings. The van der Waals surface area contributed by atoms with Gasteiger partial charge in [0, 0.05) is 23.9 Å². The lowest BCUT2D eigenvalue weighted by Crippen LogP contribution is -2.54. The van der Waals surface area contributed by atoms with Gasteiger partial charge in [-0.25, -0.2) is 0 Å². The Kier molecular flexibility index (Phi) is 3.42. The van der Waals surface area contributed by atoms with Crippen LogP contribution in [0, 0.1) is 5.92 Å². The zero-order chi connectivity index (χ0) is 17.7. The van der Waals surface area contributed by atoms with E-state index < -0.39 is 5.54 Å². The number of benzene rings is 1. The van der Waals surface area contributed by atoms with Crippen molar-refractivity contribution in [3.05, 3.63) is 47.9 Å². The molecule has 1 aliphatic carbocycles. The maximum atomic E-state index is 13.2. The predicted octanol–water partition coefficient (Wildman–Crippen LogP) is 3.46. The van der Waals surface area contributed by atoms with Crippen LogP contribution in [0.15, 0.2) is 39.4 Å². The summed E-state index contributed by atoms with van der Waals surface area (Å²) in [6, 6.07) is 7.83. The maximum absolute atomic E-state index is 13.2. The number of hydrogen-bond acceptors (Lipinski definition) is 5. The van der Waals surface area contributed by atoms with E-state index in [2.05, 4.69) is 10.2 Å². The van der Waals surface area contributed by atoms with Crippen molar-refractivity contribution in [1.82, 2.24) is 15.1 Å². The first-order chi connectivity index (χ1) is 12.7. The van der Waals surface area contributed by atoms with E-state index >= 15 is 0 Å². The average molecular weight is 351 g/mol. The van der Waals surface area contributed by atoms with E-state index in [1.807, 2.05) is 36.1 Å².